The zero-order valence-corrected chi connectivity index (χ0v) is 14.6. The summed E-state index contributed by atoms with van der Waals surface area (Å²) in [5.74, 6) is -1.51. The van der Waals surface area contributed by atoms with Crippen LogP contribution in [0.3, 0.4) is 0 Å². The molecule has 0 bridgehead atoms. The number of benzene rings is 1. The van der Waals surface area contributed by atoms with Gasteiger partial charge in [-0.15, -0.1) is 12.4 Å². The fourth-order valence-corrected chi connectivity index (χ4v) is 4.06. The molecule has 1 aromatic rings. The van der Waals surface area contributed by atoms with Crippen molar-refractivity contribution in [2.45, 2.75) is 18.2 Å². The van der Waals surface area contributed by atoms with Crippen molar-refractivity contribution in [3.63, 3.8) is 0 Å². The molecule has 1 amide bonds. The largest absolute Gasteiger partial charge is 0.341 e. The van der Waals surface area contributed by atoms with E-state index < -0.39 is 21.6 Å². The molecule has 1 aromatic carbocycles. The summed E-state index contributed by atoms with van der Waals surface area (Å²) < 4.78 is 37.5. The summed E-state index contributed by atoms with van der Waals surface area (Å²) in [6.07, 6.45) is 0.864. The number of carbonyl (C=O) groups excluding carboxylic acids is 1. The Balaban J connectivity index is 0.00000264. The smallest absolute Gasteiger partial charge is 0.226 e. The van der Waals surface area contributed by atoms with Crippen LogP contribution in [0.1, 0.15) is 13.3 Å². The third-order valence-electron chi connectivity index (χ3n) is 3.72. The molecular formula is C15H22ClFN2O3S. The summed E-state index contributed by atoms with van der Waals surface area (Å²) in [6.45, 7) is 4.46. The molecular weight excluding hydrogens is 343 g/mol. The van der Waals surface area contributed by atoms with Crippen molar-refractivity contribution in [3.8, 4) is 0 Å². The minimum absolute atomic E-state index is 0. The molecule has 1 heterocycles. The van der Waals surface area contributed by atoms with Gasteiger partial charge >= 0.3 is 0 Å². The molecule has 23 heavy (non-hydrogen) atoms. The normalized spacial score (nSPS) is 17.0. The molecule has 1 atom stereocenters. The average molecular weight is 365 g/mol. The zero-order valence-electron chi connectivity index (χ0n) is 13.0. The zero-order chi connectivity index (χ0) is 16.2. The van der Waals surface area contributed by atoms with Crippen LogP contribution in [0.25, 0.3) is 0 Å². The summed E-state index contributed by atoms with van der Waals surface area (Å²) >= 11 is 0. The van der Waals surface area contributed by atoms with E-state index in [-0.39, 0.29) is 29.0 Å². The van der Waals surface area contributed by atoms with Crippen LogP contribution in [0.5, 0.6) is 0 Å². The Morgan fingerprint density at radius 3 is 2.57 bits per heavy atom. The van der Waals surface area contributed by atoms with Crippen molar-refractivity contribution in [3.05, 3.63) is 30.1 Å². The molecule has 1 saturated heterocycles. The lowest BCUT2D eigenvalue weighted by Gasteiger charge is -2.23. The highest BCUT2D eigenvalue weighted by atomic mass is 35.5. The maximum Gasteiger partial charge on any atom is 0.226 e. The van der Waals surface area contributed by atoms with Crippen molar-refractivity contribution in [1.82, 2.24) is 10.2 Å². The average Bonchev–Trinajstić information content (AvgIpc) is 2.75. The van der Waals surface area contributed by atoms with Gasteiger partial charge in [0.1, 0.15) is 5.82 Å². The summed E-state index contributed by atoms with van der Waals surface area (Å²) in [7, 11) is -3.60. The fourth-order valence-electron chi connectivity index (χ4n) is 2.52. The van der Waals surface area contributed by atoms with Gasteiger partial charge in [0, 0.05) is 25.6 Å². The van der Waals surface area contributed by atoms with Gasteiger partial charge in [0.2, 0.25) is 5.91 Å². The number of rotatable bonds is 4. The van der Waals surface area contributed by atoms with Gasteiger partial charge in [0.15, 0.2) is 9.84 Å². The number of nitrogens with one attached hydrogen (secondary N) is 1. The third-order valence-corrected chi connectivity index (χ3v) is 5.64. The molecule has 0 aromatic heterocycles. The summed E-state index contributed by atoms with van der Waals surface area (Å²) in [5.41, 5.74) is 0. The van der Waals surface area contributed by atoms with E-state index in [2.05, 4.69) is 5.32 Å². The highest BCUT2D eigenvalue weighted by Gasteiger charge is 2.27. The van der Waals surface area contributed by atoms with Crippen LogP contribution in [0.4, 0.5) is 4.39 Å². The number of hydrogen-bond acceptors (Lipinski definition) is 4. The predicted molar refractivity (Wildman–Crippen MR) is 88.9 cm³/mol. The highest BCUT2D eigenvalue weighted by Crippen LogP contribution is 2.16. The first-order chi connectivity index (χ1) is 10.4. The molecule has 1 fully saturated rings. The monoisotopic (exact) mass is 364 g/mol. The second kappa shape index (κ2) is 8.61. The van der Waals surface area contributed by atoms with E-state index in [4.69, 9.17) is 0 Å². The molecule has 1 N–H and O–H groups in total. The maximum atomic E-state index is 12.9. The Kier molecular flexibility index (Phi) is 7.44. The van der Waals surface area contributed by atoms with E-state index in [0.29, 0.717) is 13.1 Å². The maximum absolute atomic E-state index is 12.9. The molecule has 8 heteroatoms. The van der Waals surface area contributed by atoms with Crippen LogP contribution in [0.15, 0.2) is 29.2 Å². The van der Waals surface area contributed by atoms with Crippen molar-refractivity contribution in [2.75, 3.05) is 31.9 Å². The first-order valence-corrected chi connectivity index (χ1v) is 9.03. The predicted octanol–water partition coefficient (Wildman–Crippen LogP) is 1.48. The molecule has 2 rings (SSSR count). The SMILES string of the molecule is CC(CS(=O)(=O)c1ccc(F)cc1)C(=O)N1CCCNCC1.Cl. The number of nitrogens with zero attached hydrogens (tertiary/aromatic N) is 1. The van der Waals surface area contributed by atoms with E-state index in [1.165, 1.54) is 12.1 Å². The molecule has 130 valence electrons. The number of sulfone groups is 1. The number of halogens is 2. The molecule has 1 aliphatic heterocycles. The first kappa shape index (κ1) is 19.9. The molecule has 0 radical (unpaired) electrons. The topological polar surface area (TPSA) is 66.5 Å². The van der Waals surface area contributed by atoms with Crippen molar-refractivity contribution >= 4 is 28.2 Å². The van der Waals surface area contributed by atoms with Crippen LogP contribution in [-0.2, 0) is 14.6 Å². The van der Waals surface area contributed by atoms with Gasteiger partial charge in [-0.1, -0.05) is 6.92 Å². The fraction of sp³-hybridized carbons (Fsp3) is 0.533. The molecule has 0 aliphatic carbocycles. The van der Waals surface area contributed by atoms with Gasteiger partial charge in [-0.25, -0.2) is 12.8 Å². The summed E-state index contributed by atoms with van der Waals surface area (Å²) in [5, 5.41) is 3.20. The second-order valence-electron chi connectivity index (χ2n) is 5.57. The van der Waals surface area contributed by atoms with Crippen molar-refractivity contribution < 1.29 is 17.6 Å². The van der Waals surface area contributed by atoms with Crippen LogP contribution in [0, 0.1) is 11.7 Å². The number of hydrogen-bond donors (Lipinski definition) is 1. The second-order valence-corrected chi connectivity index (χ2v) is 7.60. The van der Waals surface area contributed by atoms with E-state index >= 15 is 0 Å². The Bertz CT molecular complexity index is 614. The van der Waals surface area contributed by atoms with Gasteiger partial charge in [-0.05, 0) is 37.2 Å². The molecule has 5 nitrogen and oxygen atoms in total. The van der Waals surface area contributed by atoms with E-state index in [0.717, 1.165) is 31.6 Å². The minimum Gasteiger partial charge on any atom is -0.341 e. The minimum atomic E-state index is -3.60. The first-order valence-electron chi connectivity index (χ1n) is 7.38. The standard InChI is InChI=1S/C15H21FN2O3S.ClH/c1-12(15(19)18-9-2-7-17-8-10-18)11-22(20,21)14-5-3-13(16)4-6-14;/h3-6,12,17H,2,7-11H2,1H3;1H. The van der Waals surface area contributed by atoms with Crippen molar-refractivity contribution in [2.24, 2.45) is 5.92 Å². The molecule has 1 unspecified atom stereocenters. The quantitative estimate of drug-likeness (QED) is 0.822. The van der Waals surface area contributed by atoms with Crippen LogP contribution in [0.2, 0.25) is 0 Å². The van der Waals surface area contributed by atoms with E-state index in [9.17, 15) is 17.6 Å². The van der Waals surface area contributed by atoms with Gasteiger partial charge in [-0.3, -0.25) is 4.79 Å². The lowest BCUT2D eigenvalue weighted by atomic mass is 10.2. The van der Waals surface area contributed by atoms with Crippen LogP contribution in [-0.4, -0.2) is 51.2 Å². The van der Waals surface area contributed by atoms with Crippen LogP contribution < -0.4 is 5.32 Å². The van der Waals surface area contributed by atoms with Crippen LogP contribution >= 0.6 is 12.4 Å². The Hall–Kier alpha value is -1.18. The lowest BCUT2D eigenvalue weighted by Crippen LogP contribution is -2.39. The summed E-state index contributed by atoms with van der Waals surface area (Å²) in [6, 6.07) is 4.69. The van der Waals surface area contributed by atoms with Gasteiger partial charge < -0.3 is 10.2 Å². The lowest BCUT2D eigenvalue weighted by molar-refractivity contribution is -0.134. The summed E-state index contributed by atoms with van der Waals surface area (Å²) in [4.78, 5) is 14.1. The van der Waals surface area contributed by atoms with Gasteiger partial charge in [0.25, 0.3) is 0 Å². The Morgan fingerprint density at radius 2 is 1.91 bits per heavy atom. The molecule has 0 spiro atoms. The number of amides is 1. The van der Waals surface area contributed by atoms with E-state index in [1.54, 1.807) is 11.8 Å². The Morgan fingerprint density at radius 1 is 1.26 bits per heavy atom. The molecule has 1 aliphatic rings. The van der Waals surface area contributed by atoms with Gasteiger partial charge in [0.05, 0.1) is 10.6 Å². The van der Waals surface area contributed by atoms with Crippen molar-refractivity contribution in [1.29, 1.82) is 0 Å². The number of carbonyl (C=O) groups is 1. The van der Waals surface area contributed by atoms with Gasteiger partial charge in [-0.2, -0.15) is 0 Å². The van der Waals surface area contributed by atoms with E-state index in [1.807, 2.05) is 0 Å². The Labute approximate surface area is 142 Å². The molecule has 0 saturated carbocycles. The third kappa shape index (κ3) is 5.44. The highest BCUT2D eigenvalue weighted by molar-refractivity contribution is 7.91.